The number of nitrogens with one attached hydrogen (secondary N) is 5. The van der Waals surface area contributed by atoms with Crippen LogP contribution in [0.1, 0.15) is 55.2 Å². The maximum atomic E-state index is 17.1. The third-order valence-electron chi connectivity index (χ3n) is 11.3. The summed E-state index contributed by atoms with van der Waals surface area (Å²) in [7, 11) is -1.97. The Bertz CT molecular complexity index is 3100. The quantitative estimate of drug-likeness (QED) is 0.0629. The number of carbonyl (C=O) groups is 1. The molecule has 1 aliphatic heterocycles. The highest BCUT2D eigenvalue weighted by Crippen LogP contribution is 2.40. The van der Waals surface area contributed by atoms with Crippen LogP contribution in [0.5, 0.6) is 0 Å². The molecule has 3 atom stereocenters. The van der Waals surface area contributed by atoms with Crippen molar-refractivity contribution >= 4 is 73.5 Å². The molecule has 0 saturated carbocycles. The van der Waals surface area contributed by atoms with Crippen LogP contribution in [0, 0.1) is 17.6 Å². The number of sulfonamides is 1. The number of aliphatic hydroxyl groups is 1. The Morgan fingerprint density at radius 1 is 0.924 bits per heavy atom. The van der Waals surface area contributed by atoms with E-state index in [1.165, 1.54) is 65.9 Å². The van der Waals surface area contributed by atoms with Crippen LogP contribution in [0.4, 0.5) is 43.2 Å². The molecule has 0 saturated heterocycles. The minimum Gasteiger partial charge on any atom is -0.394 e. The number of H-pyrrole nitrogens is 1. The number of amides is 1. The molecule has 66 heavy (non-hydrogen) atoms. The first-order valence-corrected chi connectivity index (χ1v) is 23.3. The first-order valence-electron chi connectivity index (χ1n) is 20.6. The second kappa shape index (κ2) is 19.2. The highest BCUT2D eigenvalue weighted by atomic mass is 35.5. The van der Waals surface area contributed by atoms with E-state index in [0.29, 0.717) is 28.6 Å². The van der Waals surface area contributed by atoms with Crippen LogP contribution in [0.2, 0.25) is 10.0 Å². The van der Waals surface area contributed by atoms with E-state index >= 15 is 8.78 Å². The first kappa shape index (κ1) is 47.5. The molecule has 16 nitrogen and oxygen atoms in total. The Hall–Kier alpha value is -6.41. The number of aromatic nitrogens is 5. The average Bonchev–Trinajstić information content (AvgIpc) is 3.26. The number of benzene rings is 2. The van der Waals surface area contributed by atoms with Gasteiger partial charge in [-0.25, -0.2) is 27.2 Å². The molecule has 21 heteroatoms. The molecule has 1 amide bonds. The molecular weight excluding hydrogens is 918 g/mol. The number of anilines is 6. The van der Waals surface area contributed by atoms with Crippen LogP contribution in [0.15, 0.2) is 83.0 Å². The van der Waals surface area contributed by atoms with E-state index in [-0.39, 0.29) is 86.5 Å². The van der Waals surface area contributed by atoms with Gasteiger partial charge in [0.1, 0.15) is 29.5 Å². The first-order chi connectivity index (χ1) is 31.2. The molecule has 0 bridgehead atoms. The summed E-state index contributed by atoms with van der Waals surface area (Å²) in [5.74, 6) is -2.22. The van der Waals surface area contributed by atoms with E-state index in [2.05, 4.69) is 40.6 Å². The van der Waals surface area contributed by atoms with Gasteiger partial charge in [-0.05, 0) is 80.3 Å². The largest absolute Gasteiger partial charge is 0.394 e. The Kier molecular flexibility index (Phi) is 13.8. The number of halogens is 4. The number of aliphatic hydroxyl groups excluding tert-OH is 1. The van der Waals surface area contributed by atoms with Gasteiger partial charge in [0.2, 0.25) is 10.0 Å². The minimum absolute atomic E-state index is 0.0177. The van der Waals surface area contributed by atoms with Crippen LogP contribution >= 0.6 is 23.2 Å². The van der Waals surface area contributed by atoms with Crippen LogP contribution in [-0.2, 0) is 23.0 Å². The summed E-state index contributed by atoms with van der Waals surface area (Å²) in [5.41, 5.74) is 0.237. The van der Waals surface area contributed by atoms with Crippen LogP contribution < -0.4 is 36.7 Å². The van der Waals surface area contributed by atoms with Crippen molar-refractivity contribution in [3.63, 3.8) is 0 Å². The number of carbonyl (C=O) groups excluding carboxylic acids is 1. The molecule has 5 heterocycles. The molecule has 2 aromatic carbocycles. The topological polar surface area (TPSA) is 216 Å². The molecule has 0 spiro atoms. The van der Waals surface area contributed by atoms with Crippen molar-refractivity contribution in [1.82, 2.24) is 29.8 Å². The summed E-state index contributed by atoms with van der Waals surface area (Å²) in [6.07, 6.45) is 6.31. The molecule has 1 aliphatic rings. The zero-order valence-electron chi connectivity index (χ0n) is 36.5. The molecule has 3 unspecified atom stereocenters. The zero-order chi connectivity index (χ0) is 47.8. The number of fused-ring (bicyclic) bond motifs is 1. The number of aromatic amines is 1. The summed E-state index contributed by atoms with van der Waals surface area (Å²) in [4.78, 5) is 58.6. The summed E-state index contributed by atoms with van der Waals surface area (Å²) in [6, 6.07) is 10.2. The van der Waals surface area contributed by atoms with E-state index in [0.717, 1.165) is 12.3 Å². The van der Waals surface area contributed by atoms with Crippen molar-refractivity contribution < 1.29 is 27.1 Å². The lowest BCUT2D eigenvalue weighted by molar-refractivity contribution is 0.0922. The fraction of sp³-hybridized carbons (Fsp3) is 0.289. The van der Waals surface area contributed by atoms with Crippen LogP contribution in [0.3, 0.4) is 0 Å². The predicted octanol–water partition coefficient (Wildman–Crippen LogP) is 7.43. The normalized spacial score (nSPS) is 15.3. The lowest BCUT2D eigenvalue weighted by Crippen LogP contribution is -2.48. The second-order valence-electron chi connectivity index (χ2n) is 16.5. The Labute approximate surface area is 388 Å². The molecule has 6 aromatic rings. The van der Waals surface area contributed by atoms with E-state index in [9.17, 15) is 27.9 Å². The van der Waals surface area contributed by atoms with Gasteiger partial charge in [0, 0.05) is 70.9 Å². The van der Waals surface area contributed by atoms with Crippen LogP contribution in [0.25, 0.3) is 22.3 Å². The molecule has 0 fully saturated rings. The van der Waals surface area contributed by atoms with Gasteiger partial charge in [-0.15, -0.1) is 0 Å². The molecule has 7 rings (SSSR count). The van der Waals surface area contributed by atoms with Gasteiger partial charge in [-0.2, -0.15) is 0 Å². The maximum Gasteiger partial charge on any atom is 0.260 e. The smallest absolute Gasteiger partial charge is 0.260 e. The molecule has 4 aromatic heterocycles. The molecule has 0 aliphatic carbocycles. The average molecular weight is 964 g/mol. The van der Waals surface area contributed by atoms with Crippen molar-refractivity contribution in [3.05, 3.63) is 133 Å². The van der Waals surface area contributed by atoms with Gasteiger partial charge in [0.15, 0.2) is 5.82 Å². The van der Waals surface area contributed by atoms with Crippen LogP contribution in [-0.4, -0.2) is 75.9 Å². The summed E-state index contributed by atoms with van der Waals surface area (Å²) in [5, 5.41) is 19.0. The van der Waals surface area contributed by atoms with Gasteiger partial charge >= 0.3 is 0 Å². The Balaban J connectivity index is 1.30. The monoisotopic (exact) mass is 962 g/mol. The standard InChI is InChI=1S/C45H46Cl2F2N10O6S/c1-22(2)40-36(55-41-38(18-51-21-52-41)57-66(6,64)65)15-31(42(61)56-40)30-14-28(47)12-25(39(30)49)11-26-19-59-44(58(5)24(26)4)37(16-32(45(59)63)29-13-27(46)7-8-34(29)48)54-35-9-10-50-17-33(35)43(62)53-23(3)20-60/h7-10,12-18,21-24,26,57,60H,11,19-20H2,1-6H3,(H,50,54)(H,53,62)(H,56,61)(H,51,52,55). The second-order valence-corrected chi connectivity index (χ2v) is 19.1. The Morgan fingerprint density at radius 3 is 2.36 bits per heavy atom. The fourth-order valence-electron chi connectivity index (χ4n) is 7.91. The van der Waals surface area contributed by atoms with Gasteiger partial charge in [-0.1, -0.05) is 37.0 Å². The van der Waals surface area contributed by atoms with E-state index < -0.39 is 50.6 Å². The lowest BCUT2D eigenvalue weighted by Gasteiger charge is -2.42. The van der Waals surface area contributed by atoms with Crippen molar-refractivity contribution in [2.75, 3.05) is 40.2 Å². The van der Waals surface area contributed by atoms with E-state index in [4.69, 9.17) is 23.2 Å². The number of pyridine rings is 3. The predicted molar refractivity (Wildman–Crippen MR) is 253 cm³/mol. The van der Waals surface area contributed by atoms with Gasteiger partial charge in [0.05, 0.1) is 52.8 Å². The van der Waals surface area contributed by atoms with Crippen molar-refractivity contribution in [1.29, 1.82) is 0 Å². The maximum absolute atomic E-state index is 17.1. The fourth-order valence-corrected chi connectivity index (χ4v) is 8.87. The Morgan fingerprint density at radius 2 is 1.65 bits per heavy atom. The number of hydrogen-bond donors (Lipinski definition) is 6. The molecule has 6 N–H and O–H groups in total. The van der Waals surface area contributed by atoms with Gasteiger partial charge < -0.3 is 30.9 Å². The van der Waals surface area contributed by atoms with Gasteiger partial charge in [-0.3, -0.25) is 28.7 Å². The summed E-state index contributed by atoms with van der Waals surface area (Å²) >= 11 is 13.0. The van der Waals surface area contributed by atoms with E-state index in [1.807, 2.05) is 25.7 Å². The number of nitrogens with zero attached hydrogens (tertiary/aromatic N) is 5. The summed E-state index contributed by atoms with van der Waals surface area (Å²) < 4.78 is 60.7. The van der Waals surface area contributed by atoms with Crippen molar-refractivity contribution in [2.24, 2.45) is 5.92 Å². The minimum atomic E-state index is -3.73. The lowest BCUT2D eigenvalue weighted by atomic mass is 9.88. The molecular formula is C45H46Cl2F2N10O6S. The zero-order valence-corrected chi connectivity index (χ0v) is 38.8. The van der Waals surface area contributed by atoms with Crippen molar-refractivity contribution in [3.8, 4) is 22.3 Å². The highest BCUT2D eigenvalue weighted by Gasteiger charge is 2.35. The highest BCUT2D eigenvalue weighted by molar-refractivity contribution is 7.92. The SMILES string of the molecule is CC(CO)NC(=O)c1cnccc1Nc1cc(-c2cc(Cl)ccc2F)c(=O)n2c1N(C)C(C)C(Cc1cc(Cl)cc(-c3cc(Nc4ncncc4NS(C)(=O)=O)c(C(C)C)[nH]c3=O)c1F)C2. The third kappa shape index (κ3) is 10.0. The van der Waals surface area contributed by atoms with Crippen molar-refractivity contribution in [2.45, 2.75) is 58.7 Å². The third-order valence-corrected chi connectivity index (χ3v) is 12.3. The van der Waals surface area contributed by atoms with E-state index in [1.54, 1.807) is 20.0 Å². The number of rotatable bonds is 14. The molecule has 346 valence electrons. The summed E-state index contributed by atoms with van der Waals surface area (Å²) in [6.45, 7) is 6.93. The molecule has 0 radical (unpaired) electrons. The number of hydrogen-bond acceptors (Lipinski definition) is 12. The van der Waals surface area contributed by atoms with Gasteiger partial charge in [0.25, 0.3) is 17.0 Å².